The van der Waals surface area contributed by atoms with Gasteiger partial charge in [0, 0.05) is 33.4 Å². The van der Waals surface area contributed by atoms with Gasteiger partial charge in [-0.15, -0.1) is 0 Å². The highest BCUT2D eigenvalue weighted by Gasteiger charge is 2.39. The summed E-state index contributed by atoms with van der Waals surface area (Å²) in [6, 6.07) is -0.00172. The first-order valence-corrected chi connectivity index (χ1v) is 6.93. The quantitative estimate of drug-likeness (QED) is 0.639. The molecular weight excluding hydrogens is 230 g/mol. The second-order valence-electron chi connectivity index (χ2n) is 5.45. The van der Waals surface area contributed by atoms with Crippen molar-refractivity contribution in [2.45, 2.75) is 19.4 Å². The molecular formula is C13H25N3O2. The van der Waals surface area contributed by atoms with Crippen LogP contribution < -0.4 is 10.6 Å². The second kappa shape index (κ2) is 6.50. The molecule has 0 radical (unpaired) electrons. The minimum Gasteiger partial charge on any atom is -0.385 e. The van der Waals surface area contributed by atoms with Gasteiger partial charge in [-0.2, -0.15) is 0 Å². The lowest BCUT2D eigenvalue weighted by Crippen LogP contribution is -2.45. The fraction of sp³-hybridized carbons (Fsp3) is 0.923. The summed E-state index contributed by atoms with van der Waals surface area (Å²) < 4.78 is 4.97. The van der Waals surface area contributed by atoms with Gasteiger partial charge in [-0.05, 0) is 38.3 Å². The lowest BCUT2D eigenvalue weighted by Gasteiger charge is -2.24. The standard InChI is InChI=1S/C13H25N3O2/c1-10(13(17)15-4-3-5-18-2)16-8-11-6-14-7-12(11)9-16/h10-12,14H,3-9H2,1-2H3,(H,15,17). The zero-order valence-electron chi connectivity index (χ0n) is 11.4. The highest BCUT2D eigenvalue weighted by Crippen LogP contribution is 2.27. The monoisotopic (exact) mass is 255 g/mol. The van der Waals surface area contributed by atoms with Crippen LogP contribution in [0.4, 0.5) is 0 Å². The van der Waals surface area contributed by atoms with Crippen LogP contribution in [0.5, 0.6) is 0 Å². The van der Waals surface area contributed by atoms with Crippen LogP contribution in [0, 0.1) is 11.8 Å². The van der Waals surface area contributed by atoms with E-state index in [1.165, 1.54) is 0 Å². The van der Waals surface area contributed by atoms with Gasteiger partial charge in [-0.25, -0.2) is 0 Å². The van der Waals surface area contributed by atoms with Crippen molar-refractivity contribution in [3.8, 4) is 0 Å². The van der Waals surface area contributed by atoms with Crippen molar-refractivity contribution >= 4 is 5.91 Å². The maximum absolute atomic E-state index is 12.0. The third-order valence-electron chi connectivity index (χ3n) is 4.17. The van der Waals surface area contributed by atoms with Crippen molar-refractivity contribution in [3.05, 3.63) is 0 Å². The van der Waals surface area contributed by atoms with Crippen molar-refractivity contribution in [2.75, 3.05) is 46.4 Å². The molecule has 0 aromatic carbocycles. The number of amides is 1. The van der Waals surface area contributed by atoms with Gasteiger partial charge < -0.3 is 15.4 Å². The third kappa shape index (κ3) is 3.22. The summed E-state index contributed by atoms with van der Waals surface area (Å²) in [4.78, 5) is 14.3. The molecule has 0 aromatic rings. The zero-order valence-corrected chi connectivity index (χ0v) is 11.4. The molecule has 5 heteroatoms. The first kappa shape index (κ1) is 13.8. The maximum Gasteiger partial charge on any atom is 0.237 e. The second-order valence-corrected chi connectivity index (χ2v) is 5.45. The Morgan fingerprint density at radius 3 is 2.72 bits per heavy atom. The molecule has 18 heavy (non-hydrogen) atoms. The van der Waals surface area contributed by atoms with Gasteiger partial charge in [-0.3, -0.25) is 9.69 Å². The van der Waals surface area contributed by atoms with E-state index in [0.717, 1.165) is 44.4 Å². The molecule has 2 fully saturated rings. The Labute approximate surface area is 109 Å². The summed E-state index contributed by atoms with van der Waals surface area (Å²) >= 11 is 0. The van der Waals surface area contributed by atoms with Crippen LogP contribution in [0.15, 0.2) is 0 Å². The zero-order chi connectivity index (χ0) is 13.0. The molecule has 0 saturated carbocycles. The Bertz CT molecular complexity index is 273. The molecule has 2 aliphatic heterocycles. The molecule has 3 unspecified atom stereocenters. The lowest BCUT2D eigenvalue weighted by molar-refractivity contribution is -0.125. The molecule has 0 aliphatic carbocycles. The van der Waals surface area contributed by atoms with Crippen molar-refractivity contribution in [1.82, 2.24) is 15.5 Å². The summed E-state index contributed by atoms with van der Waals surface area (Å²) in [6.45, 7) is 7.77. The van der Waals surface area contributed by atoms with E-state index < -0.39 is 0 Å². The highest BCUT2D eigenvalue weighted by atomic mass is 16.5. The average molecular weight is 255 g/mol. The number of hydrogen-bond donors (Lipinski definition) is 2. The van der Waals surface area contributed by atoms with Gasteiger partial charge >= 0.3 is 0 Å². The number of likely N-dealkylation sites (tertiary alicyclic amines) is 1. The van der Waals surface area contributed by atoms with Crippen molar-refractivity contribution in [3.63, 3.8) is 0 Å². The smallest absolute Gasteiger partial charge is 0.237 e. The van der Waals surface area contributed by atoms with E-state index in [4.69, 9.17) is 4.74 Å². The number of carbonyl (C=O) groups excluding carboxylic acids is 1. The third-order valence-corrected chi connectivity index (χ3v) is 4.17. The fourth-order valence-corrected chi connectivity index (χ4v) is 2.95. The first-order valence-electron chi connectivity index (χ1n) is 6.93. The molecule has 2 N–H and O–H groups in total. The summed E-state index contributed by atoms with van der Waals surface area (Å²) in [5, 5.41) is 6.40. The number of carbonyl (C=O) groups is 1. The SMILES string of the molecule is COCCCNC(=O)C(C)N1CC2CNCC2C1. The van der Waals surface area contributed by atoms with Crippen molar-refractivity contribution in [2.24, 2.45) is 11.8 Å². The number of hydrogen-bond acceptors (Lipinski definition) is 4. The van der Waals surface area contributed by atoms with E-state index >= 15 is 0 Å². The number of nitrogens with zero attached hydrogens (tertiary/aromatic N) is 1. The Kier molecular flexibility index (Phi) is 4.97. The van der Waals surface area contributed by atoms with Crippen LogP contribution in [0.3, 0.4) is 0 Å². The van der Waals surface area contributed by atoms with Crippen LogP contribution >= 0.6 is 0 Å². The minimum atomic E-state index is -0.00172. The molecule has 0 bridgehead atoms. The van der Waals surface area contributed by atoms with E-state index in [9.17, 15) is 4.79 Å². The van der Waals surface area contributed by atoms with E-state index in [1.807, 2.05) is 6.92 Å². The molecule has 5 nitrogen and oxygen atoms in total. The topological polar surface area (TPSA) is 53.6 Å². The van der Waals surface area contributed by atoms with Crippen molar-refractivity contribution in [1.29, 1.82) is 0 Å². The van der Waals surface area contributed by atoms with Gasteiger partial charge in [0.1, 0.15) is 0 Å². The largest absolute Gasteiger partial charge is 0.385 e. The predicted molar refractivity (Wildman–Crippen MR) is 70.4 cm³/mol. The van der Waals surface area contributed by atoms with E-state index in [1.54, 1.807) is 7.11 Å². The van der Waals surface area contributed by atoms with Gasteiger partial charge in [0.05, 0.1) is 6.04 Å². The molecule has 1 amide bonds. The number of nitrogens with one attached hydrogen (secondary N) is 2. The van der Waals surface area contributed by atoms with E-state index in [0.29, 0.717) is 13.2 Å². The van der Waals surface area contributed by atoms with Crippen LogP contribution in [-0.4, -0.2) is 63.3 Å². The molecule has 2 aliphatic rings. The number of fused-ring (bicyclic) bond motifs is 1. The number of rotatable bonds is 6. The summed E-state index contributed by atoms with van der Waals surface area (Å²) in [5.74, 6) is 1.64. The number of ether oxygens (including phenoxy) is 1. The molecule has 2 saturated heterocycles. The maximum atomic E-state index is 12.0. The van der Waals surface area contributed by atoms with Crippen LogP contribution in [0.1, 0.15) is 13.3 Å². The van der Waals surface area contributed by atoms with Crippen LogP contribution in [0.2, 0.25) is 0 Å². The lowest BCUT2D eigenvalue weighted by atomic mass is 10.0. The average Bonchev–Trinajstić information content (AvgIpc) is 2.94. The molecule has 0 spiro atoms. The minimum absolute atomic E-state index is 0.00172. The van der Waals surface area contributed by atoms with Crippen LogP contribution in [-0.2, 0) is 9.53 Å². The van der Waals surface area contributed by atoms with E-state index in [-0.39, 0.29) is 11.9 Å². The van der Waals surface area contributed by atoms with Gasteiger partial charge in [0.25, 0.3) is 0 Å². The highest BCUT2D eigenvalue weighted by molar-refractivity contribution is 5.81. The summed E-state index contributed by atoms with van der Waals surface area (Å²) in [7, 11) is 1.68. The predicted octanol–water partition coefficient (Wildman–Crippen LogP) is -0.321. The van der Waals surface area contributed by atoms with Gasteiger partial charge in [0.15, 0.2) is 0 Å². The molecule has 3 atom stereocenters. The Balaban J connectivity index is 1.70. The fourth-order valence-electron chi connectivity index (χ4n) is 2.95. The first-order chi connectivity index (χ1) is 8.72. The Hall–Kier alpha value is -0.650. The molecule has 2 heterocycles. The molecule has 0 aromatic heterocycles. The molecule has 2 rings (SSSR count). The Morgan fingerprint density at radius 2 is 2.11 bits per heavy atom. The van der Waals surface area contributed by atoms with Crippen LogP contribution in [0.25, 0.3) is 0 Å². The summed E-state index contributed by atoms with van der Waals surface area (Å²) in [6.07, 6.45) is 0.879. The van der Waals surface area contributed by atoms with E-state index in [2.05, 4.69) is 15.5 Å². The van der Waals surface area contributed by atoms with Crippen molar-refractivity contribution < 1.29 is 9.53 Å². The summed E-state index contributed by atoms with van der Waals surface area (Å²) in [5.41, 5.74) is 0. The number of methoxy groups -OCH3 is 1. The normalized spacial score (nSPS) is 29.2. The molecule has 104 valence electrons. The van der Waals surface area contributed by atoms with Gasteiger partial charge in [-0.1, -0.05) is 0 Å². The van der Waals surface area contributed by atoms with Gasteiger partial charge in [0.2, 0.25) is 5.91 Å². The Morgan fingerprint density at radius 1 is 1.44 bits per heavy atom.